The van der Waals surface area contributed by atoms with Gasteiger partial charge in [-0.1, -0.05) is 26.8 Å². The van der Waals surface area contributed by atoms with Gasteiger partial charge in [0.15, 0.2) is 11.5 Å². The van der Waals surface area contributed by atoms with Crippen molar-refractivity contribution in [1.82, 2.24) is 19.8 Å². The van der Waals surface area contributed by atoms with Crippen molar-refractivity contribution in [3.8, 4) is 0 Å². The van der Waals surface area contributed by atoms with Gasteiger partial charge in [-0.2, -0.15) is 4.52 Å². The molecule has 0 spiro atoms. The molecule has 0 atom stereocenters. The van der Waals surface area contributed by atoms with Crippen molar-refractivity contribution in [1.29, 1.82) is 0 Å². The van der Waals surface area contributed by atoms with Gasteiger partial charge in [0.05, 0.1) is 4.92 Å². The fourth-order valence-corrected chi connectivity index (χ4v) is 3.27. The van der Waals surface area contributed by atoms with E-state index in [0.29, 0.717) is 12.2 Å². The zero-order valence-corrected chi connectivity index (χ0v) is 15.0. The zero-order valence-electron chi connectivity index (χ0n) is 15.0. The van der Waals surface area contributed by atoms with Crippen LogP contribution in [0.5, 0.6) is 0 Å². The fraction of sp³-hybridized carbons (Fsp3) is 0.389. The highest BCUT2D eigenvalue weighted by molar-refractivity contribution is 5.50. The standard InChI is InChI=1S/C18H20N6O2/c1-18(2,3)17-20-19-15-6-7-16(21-23(15)17)22-9-8-12-4-5-14(24(25)26)10-13(12)11-22/h4-7,10H,8-9,11H2,1-3H3. The minimum absolute atomic E-state index is 0.128. The fourth-order valence-electron chi connectivity index (χ4n) is 3.27. The summed E-state index contributed by atoms with van der Waals surface area (Å²) in [5.74, 6) is 1.63. The molecule has 8 heteroatoms. The van der Waals surface area contributed by atoms with Crippen LogP contribution >= 0.6 is 0 Å². The van der Waals surface area contributed by atoms with E-state index in [-0.39, 0.29) is 16.0 Å². The minimum Gasteiger partial charge on any atom is -0.351 e. The van der Waals surface area contributed by atoms with E-state index in [2.05, 4.69) is 35.9 Å². The molecule has 0 bridgehead atoms. The lowest BCUT2D eigenvalue weighted by atomic mass is 9.96. The lowest BCUT2D eigenvalue weighted by molar-refractivity contribution is -0.384. The van der Waals surface area contributed by atoms with Gasteiger partial charge in [-0.25, -0.2) is 0 Å². The van der Waals surface area contributed by atoms with Crippen molar-refractivity contribution in [3.63, 3.8) is 0 Å². The highest BCUT2D eigenvalue weighted by Gasteiger charge is 2.24. The Morgan fingerprint density at radius 1 is 1.12 bits per heavy atom. The molecule has 4 rings (SSSR count). The number of nitrogens with zero attached hydrogens (tertiary/aromatic N) is 6. The predicted molar refractivity (Wildman–Crippen MR) is 97.3 cm³/mol. The van der Waals surface area contributed by atoms with Gasteiger partial charge in [-0.15, -0.1) is 15.3 Å². The summed E-state index contributed by atoms with van der Waals surface area (Å²) in [6.07, 6.45) is 0.835. The number of nitro benzene ring substituents is 1. The highest BCUT2D eigenvalue weighted by Crippen LogP contribution is 2.27. The molecule has 0 radical (unpaired) electrons. The molecule has 1 aliphatic rings. The van der Waals surface area contributed by atoms with Crippen molar-refractivity contribution >= 4 is 17.2 Å². The van der Waals surface area contributed by atoms with Gasteiger partial charge in [0, 0.05) is 30.6 Å². The van der Waals surface area contributed by atoms with Gasteiger partial charge in [0.25, 0.3) is 5.69 Å². The third kappa shape index (κ3) is 2.77. The Morgan fingerprint density at radius 2 is 1.92 bits per heavy atom. The first kappa shape index (κ1) is 16.4. The van der Waals surface area contributed by atoms with E-state index in [0.717, 1.165) is 35.7 Å². The molecule has 0 amide bonds. The summed E-state index contributed by atoms with van der Waals surface area (Å²) in [4.78, 5) is 12.8. The molecule has 8 nitrogen and oxygen atoms in total. The van der Waals surface area contributed by atoms with Gasteiger partial charge in [-0.3, -0.25) is 10.1 Å². The van der Waals surface area contributed by atoms with E-state index in [4.69, 9.17) is 5.10 Å². The number of anilines is 1. The SMILES string of the molecule is CC(C)(C)c1nnc2ccc(N3CCc4ccc([N+](=O)[O-])cc4C3)nn12. The Hall–Kier alpha value is -3.03. The summed E-state index contributed by atoms with van der Waals surface area (Å²) < 4.78 is 1.79. The number of hydrogen-bond acceptors (Lipinski definition) is 6. The molecule has 1 aromatic carbocycles. The predicted octanol–water partition coefficient (Wildman–Crippen LogP) is 2.89. The average molecular weight is 352 g/mol. The van der Waals surface area contributed by atoms with Crippen LogP contribution in [0.25, 0.3) is 5.65 Å². The van der Waals surface area contributed by atoms with Crippen LogP contribution in [0.2, 0.25) is 0 Å². The van der Waals surface area contributed by atoms with Gasteiger partial charge in [0.2, 0.25) is 0 Å². The van der Waals surface area contributed by atoms with Gasteiger partial charge in [-0.05, 0) is 29.7 Å². The van der Waals surface area contributed by atoms with Gasteiger partial charge in [0.1, 0.15) is 5.82 Å². The Morgan fingerprint density at radius 3 is 2.65 bits per heavy atom. The van der Waals surface area contributed by atoms with Crippen LogP contribution in [-0.4, -0.2) is 31.3 Å². The first-order chi connectivity index (χ1) is 12.3. The maximum atomic E-state index is 11.0. The van der Waals surface area contributed by atoms with Crippen molar-refractivity contribution in [2.45, 2.75) is 39.2 Å². The quantitative estimate of drug-likeness (QED) is 0.520. The van der Waals surface area contributed by atoms with E-state index in [1.54, 1.807) is 16.6 Å². The molecule has 0 aliphatic carbocycles. The average Bonchev–Trinajstić information content (AvgIpc) is 3.04. The molecular formula is C18H20N6O2. The lowest BCUT2D eigenvalue weighted by Crippen LogP contribution is -2.31. The maximum Gasteiger partial charge on any atom is 0.269 e. The molecular weight excluding hydrogens is 332 g/mol. The van der Waals surface area contributed by atoms with E-state index in [1.807, 2.05) is 18.2 Å². The number of fused-ring (bicyclic) bond motifs is 2. The molecule has 3 aromatic rings. The number of hydrogen-bond donors (Lipinski definition) is 0. The second-order valence-corrected chi connectivity index (χ2v) is 7.62. The normalized spacial score (nSPS) is 14.5. The number of rotatable bonds is 2. The Kier molecular flexibility index (Phi) is 3.64. The molecule has 0 saturated heterocycles. The van der Waals surface area contributed by atoms with Crippen LogP contribution in [0.15, 0.2) is 30.3 Å². The Bertz CT molecular complexity index is 1000. The molecule has 0 fully saturated rings. The van der Waals surface area contributed by atoms with Crippen LogP contribution in [0.3, 0.4) is 0 Å². The molecule has 0 unspecified atom stereocenters. The van der Waals surface area contributed by atoms with E-state index < -0.39 is 0 Å². The lowest BCUT2D eigenvalue weighted by Gasteiger charge is -2.29. The molecule has 1 aliphatic heterocycles. The largest absolute Gasteiger partial charge is 0.351 e. The van der Waals surface area contributed by atoms with Crippen LogP contribution in [-0.2, 0) is 18.4 Å². The summed E-state index contributed by atoms with van der Waals surface area (Å²) >= 11 is 0. The second kappa shape index (κ2) is 5.76. The number of benzene rings is 1. The summed E-state index contributed by atoms with van der Waals surface area (Å²) in [7, 11) is 0. The molecule has 26 heavy (non-hydrogen) atoms. The van der Waals surface area contributed by atoms with Crippen molar-refractivity contribution in [2.75, 3.05) is 11.4 Å². The first-order valence-electron chi connectivity index (χ1n) is 8.57. The van der Waals surface area contributed by atoms with Gasteiger partial charge >= 0.3 is 0 Å². The van der Waals surface area contributed by atoms with E-state index in [9.17, 15) is 10.1 Å². The van der Waals surface area contributed by atoms with Crippen molar-refractivity contribution in [2.24, 2.45) is 0 Å². The van der Waals surface area contributed by atoms with Crippen LogP contribution in [0.4, 0.5) is 11.5 Å². The van der Waals surface area contributed by atoms with Crippen molar-refractivity contribution < 1.29 is 4.92 Å². The molecule has 3 heterocycles. The monoisotopic (exact) mass is 352 g/mol. The highest BCUT2D eigenvalue weighted by atomic mass is 16.6. The van der Waals surface area contributed by atoms with Crippen LogP contribution in [0, 0.1) is 10.1 Å². The summed E-state index contributed by atoms with van der Waals surface area (Å²) in [5.41, 5.74) is 2.81. The number of non-ortho nitro benzene ring substituents is 1. The van der Waals surface area contributed by atoms with Crippen molar-refractivity contribution in [3.05, 3.63) is 57.4 Å². The second-order valence-electron chi connectivity index (χ2n) is 7.62. The third-order valence-electron chi connectivity index (χ3n) is 4.66. The van der Waals surface area contributed by atoms with Gasteiger partial charge < -0.3 is 4.90 Å². The smallest absolute Gasteiger partial charge is 0.269 e. The van der Waals surface area contributed by atoms with E-state index >= 15 is 0 Å². The minimum atomic E-state index is -0.351. The third-order valence-corrected chi connectivity index (χ3v) is 4.66. The Labute approximate surface area is 150 Å². The topological polar surface area (TPSA) is 89.5 Å². The Balaban J connectivity index is 1.70. The summed E-state index contributed by atoms with van der Waals surface area (Å²) in [5, 5.41) is 24.3. The van der Waals surface area contributed by atoms with Crippen LogP contribution in [0.1, 0.15) is 37.7 Å². The zero-order chi connectivity index (χ0) is 18.5. The number of nitro groups is 1. The maximum absolute atomic E-state index is 11.0. The number of aromatic nitrogens is 4. The summed E-state index contributed by atoms with van der Waals surface area (Å²) in [6, 6.07) is 8.94. The summed E-state index contributed by atoms with van der Waals surface area (Å²) in [6.45, 7) is 7.65. The first-order valence-corrected chi connectivity index (χ1v) is 8.57. The molecule has 2 aromatic heterocycles. The molecule has 0 N–H and O–H groups in total. The van der Waals surface area contributed by atoms with Crippen LogP contribution < -0.4 is 4.90 Å². The molecule has 0 saturated carbocycles. The van der Waals surface area contributed by atoms with E-state index in [1.165, 1.54) is 0 Å². The molecule has 134 valence electrons.